The van der Waals surface area contributed by atoms with Gasteiger partial charge in [-0.05, 0) is 42.7 Å². The van der Waals surface area contributed by atoms with E-state index >= 15 is 0 Å². The number of hydrogen-bond acceptors (Lipinski definition) is 5. The zero-order chi connectivity index (χ0) is 20.5. The van der Waals surface area contributed by atoms with Crippen LogP contribution in [0.2, 0.25) is 0 Å². The van der Waals surface area contributed by atoms with Crippen molar-refractivity contribution in [3.8, 4) is 5.75 Å². The van der Waals surface area contributed by atoms with Crippen LogP contribution >= 0.6 is 11.8 Å². The van der Waals surface area contributed by atoms with Gasteiger partial charge in [-0.1, -0.05) is 30.3 Å². The minimum atomic E-state index is -0.353. The van der Waals surface area contributed by atoms with Gasteiger partial charge in [0, 0.05) is 0 Å². The molecule has 2 amide bonds. The number of H-pyrrole nitrogens is 1. The fourth-order valence-electron chi connectivity index (χ4n) is 2.79. The van der Waals surface area contributed by atoms with E-state index in [2.05, 4.69) is 20.6 Å². The summed E-state index contributed by atoms with van der Waals surface area (Å²) in [5.41, 5.74) is 1.79. The van der Waals surface area contributed by atoms with E-state index in [1.807, 2.05) is 48.7 Å². The van der Waals surface area contributed by atoms with Crippen molar-refractivity contribution in [2.24, 2.45) is 0 Å². The first-order valence-electron chi connectivity index (χ1n) is 9.33. The average molecular weight is 413 g/mol. The summed E-state index contributed by atoms with van der Waals surface area (Å²) in [5, 5.41) is 5.54. The normalized spacial score (nSPS) is 11.8. The van der Waals surface area contributed by atoms with Crippen molar-refractivity contribution in [2.45, 2.75) is 12.5 Å². The van der Waals surface area contributed by atoms with Crippen LogP contribution in [-0.2, 0) is 9.59 Å². The van der Waals surface area contributed by atoms with E-state index in [4.69, 9.17) is 4.74 Å². The molecule has 0 aliphatic heterocycles. The summed E-state index contributed by atoms with van der Waals surface area (Å²) >= 11 is 1.70. The number of rotatable bonds is 10. The van der Waals surface area contributed by atoms with Gasteiger partial charge in [-0.3, -0.25) is 9.59 Å². The number of amides is 2. The Morgan fingerprint density at radius 1 is 1.10 bits per heavy atom. The van der Waals surface area contributed by atoms with E-state index in [1.54, 1.807) is 23.9 Å². The zero-order valence-corrected chi connectivity index (χ0v) is 17.0. The second kappa shape index (κ2) is 10.5. The third-order valence-corrected chi connectivity index (χ3v) is 4.89. The minimum absolute atomic E-state index is 0.118. The molecule has 1 atom stereocenters. The van der Waals surface area contributed by atoms with Gasteiger partial charge in [-0.25, -0.2) is 4.98 Å². The molecule has 1 aromatic heterocycles. The number of aromatic nitrogens is 2. The summed E-state index contributed by atoms with van der Waals surface area (Å²) in [6.45, 7) is -0.260. The molecule has 0 fully saturated rings. The first-order valence-corrected chi connectivity index (χ1v) is 10.7. The van der Waals surface area contributed by atoms with Gasteiger partial charge < -0.3 is 20.4 Å². The van der Waals surface area contributed by atoms with Crippen molar-refractivity contribution in [1.29, 1.82) is 0 Å². The fourth-order valence-corrected chi connectivity index (χ4v) is 3.26. The lowest BCUT2D eigenvalue weighted by molar-refractivity contribution is -0.127. The Bertz CT molecular complexity index is 912. The highest BCUT2D eigenvalue weighted by molar-refractivity contribution is 7.98. The molecule has 3 rings (SSSR count). The molecule has 0 spiro atoms. The van der Waals surface area contributed by atoms with Gasteiger partial charge in [0.05, 0.1) is 23.6 Å². The average Bonchev–Trinajstić information content (AvgIpc) is 3.18. The Labute approximate surface area is 173 Å². The van der Waals surface area contributed by atoms with Gasteiger partial charge in [0.15, 0.2) is 6.61 Å². The molecule has 1 unspecified atom stereocenters. The summed E-state index contributed by atoms with van der Waals surface area (Å²) in [6, 6.07) is 16.5. The molecule has 1 heterocycles. The van der Waals surface area contributed by atoms with Gasteiger partial charge >= 0.3 is 0 Å². The van der Waals surface area contributed by atoms with Gasteiger partial charge in [-0.15, -0.1) is 0 Å². The van der Waals surface area contributed by atoms with Crippen LogP contribution in [0.15, 0.2) is 54.6 Å². The zero-order valence-electron chi connectivity index (χ0n) is 16.2. The monoisotopic (exact) mass is 412 g/mol. The van der Waals surface area contributed by atoms with Crippen LogP contribution in [0.5, 0.6) is 5.75 Å². The number of carbonyl (C=O) groups excluding carboxylic acids is 2. The quantitative estimate of drug-likeness (QED) is 0.476. The van der Waals surface area contributed by atoms with Crippen LogP contribution in [0.4, 0.5) is 0 Å². The number of para-hydroxylation sites is 3. The highest BCUT2D eigenvalue weighted by atomic mass is 32.2. The Morgan fingerprint density at radius 2 is 1.86 bits per heavy atom. The number of carbonyl (C=O) groups is 2. The Hall–Kier alpha value is -3.00. The van der Waals surface area contributed by atoms with Crippen LogP contribution in [0, 0.1) is 0 Å². The number of nitrogens with one attached hydrogen (secondary N) is 3. The SMILES string of the molecule is CSCCC(NC(=O)CNC(=O)COc1ccccc1)c1nc2ccccc2[nH]1. The van der Waals surface area contributed by atoms with E-state index in [0.29, 0.717) is 11.6 Å². The Kier molecular flexibility index (Phi) is 7.52. The number of aromatic amines is 1. The molecule has 3 aromatic rings. The predicted octanol–water partition coefficient (Wildman–Crippen LogP) is 2.67. The summed E-state index contributed by atoms with van der Waals surface area (Å²) in [6.07, 6.45) is 2.75. The van der Waals surface area contributed by atoms with Crippen molar-refractivity contribution in [3.63, 3.8) is 0 Å². The summed E-state index contributed by atoms with van der Waals surface area (Å²) in [7, 11) is 0. The van der Waals surface area contributed by atoms with Crippen molar-refractivity contribution in [3.05, 3.63) is 60.4 Å². The van der Waals surface area contributed by atoms with E-state index in [9.17, 15) is 9.59 Å². The van der Waals surface area contributed by atoms with Crippen molar-refractivity contribution < 1.29 is 14.3 Å². The van der Waals surface area contributed by atoms with Crippen molar-refractivity contribution in [2.75, 3.05) is 25.2 Å². The molecule has 0 aliphatic carbocycles. The van der Waals surface area contributed by atoms with E-state index in [-0.39, 0.29) is 31.0 Å². The second-order valence-electron chi connectivity index (χ2n) is 6.42. The maximum absolute atomic E-state index is 12.4. The third kappa shape index (κ3) is 6.25. The van der Waals surface area contributed by atoms with Gasteiger partial charge in [-0.2, -0.15) is 11.8 Å². The lowest BCUT2D eigenvalue weighted by Crippen LogP contribution is -2.40. The first-order chi connectivity index (χ1) is 14.2. The lowest BCUT2D eigenvalue weighted by atomic mass is 10.2. The largest absolute Gasteiger partial charge is 0.484 e. The molecule has 3 N–H and O–H groups in total. The molecular weight excluding hydrogens is 388 g/mol. The van der Waals surface area contributed by atoms with Gasteiger partial charge in [0.2, 0.25) is 5.91 Å². The third-order valence-electron chi connectivity index (χ3n) is 4.24. The number of ether oxygens (including phenoxy) is 1. The molecule has 0 radical (unpaired) electrons. The van der Waals surface area contributed by atoms with E-state index in [1.165, 1.54) is 0 Å². The van der Waals surface area contributed by atoms with Gasteiger partial charge in [0.25, 0.3) is 5.91 Å². The van der Waals surface area contributed by atoms with Crippen LogP contribution in [-0.4, -0.2) is 46.9 Å². The van der Waals surface area contributed by atoms with Crippen LogP contribution in [0.1, 0.15) is 18.3 Å². The second-order valence-corrected chi connectivity index (χ2v) is 7.40. The molecule has 0 saturated heterocycles. The fraction of sp³-hybridized carbons (Fsp3) is 0.286. The summed E-state index contributed by atoms with van der Waals surface area (Å²) in [5.74, 6) is 1.57. The smallest absolute Gasteiger partial charge is 0.258 e. The molecule has 29 heavy (non-hydrogen) atoms. The Balaban J connectivity index is 1.52. The molecule has 8 heteroatoms. The first kappa shape index (κ1) is 20.7. The molecule has 152 valence electrons. The number of imidazole rings is 1. The molecular formula is C21H24N4O3S. The minimum Gasteiger partial charge on any atom is -0.484 e. The number of nitrogens with zero attached hydrogens (tertiary/aromatic N) is 1. The van der Waals surface area contributed by atoms with Gasteiger partial charge in [0.1, 0.15) is 11.6 Å². The topological polar surface area (TPSA) is 96.1 Å². The lowest BCUT2D eigenvalue weighted by Gasteiger charge is -2.16. The maximum Gasteiger partial charge on any atom is 0.258 e. The predicted molar refractivity (Wildman–Crippen MR) is 115 cm³/mol. The molecule has 0 aliphatic rings. The Morgan fingerprint density at radius 3 is 2.62 bits per heavy atom. The molecule has 0 bridgehead atoms. The molecule has 7 nitrogen and oxygen atoms in total. The van der Waals surface area contributed by atoms with E-state index < -0.39 is 0 Å². The van der Waals surface area contributed by atoms with Crippen LogP contribution in [0.25, 0.3) is 11.0 Å². The van der Waals surface area contributed by atoms with Crippen LogP contribution in [0.3, 0.4) is 0 Å². The maximum atomic E-state index is 12.4. The highest BCUT2D eigenvalue weighted by Gasteiger charge is 2.18. The summed E-state index contributed by atoms with van der Waals surface area (Å²) in [4.78, 5) is 32.2. The van der Waals surface area contributed by atoms with Crippen LogP contribution < -0.4 is 15.4 Å². The van der Waals surface area contributed by atoms with Crippen molar-refractivity contribution in [1.82, 2.24) is 20.6 Å². The summed E-state index contributed by atoms with van der Waals surface area (Å²) < 4.78 is 5.38. The molecule has 2 aromatic carbocycles. The number of fused-ring (bicyclic) bond motifs is 1. The number of benzene rings is 2. The standard InChI is InChI=1S/C21H24N4O3S/c1-29-12-11-18(21-24-16-9-5-6-10-17(16)25-21)23-19(26)13-22-20(27)14-28-15-7-3-2-4-8-15/h2-10,18H,11-14H2,1H3,(H,22,27)(H,23,26)(H,24,25). The highest BCUT2D eigenvalue weighted by Crippen LogP contribution is 2.19. The van der Waals surface area contributed by atoms with E-state index in [0.717, 1.165) is 23.2 Å². The van der Waals surface area contributed by atoms with Crippen molar-refractivity contribution >= 4 is 34.6 Å². The molecule has 0 saturated carbocycles. The number of hydrogen-bond donors (Lipinski definition) is 3. The number of thioether (sulfide) groups is 1.